The van der Waals surface area contributed by atoms with Crippen LogP contribution in [0.25, 0.3) is 17.2 Å². The number of hydrogen-bond acceptors (Lipinski definition) is 0. The van der Waals surface area contributed by atoms with Gasteiger partial charge in [-0.15, -0.1) is 0 Å². The molecule has 0 radical (unpaired) electrons. The largest absolute Gasteiger partial charge is 0.0683 e. The summed E-state index contributed by atoms with van der Waals surface area (Å²) in [5.74, 6) is 0. The summed E-state index contributed by atoms with van der Waals surface area (Å²) < 4.78 is 0. The van der Waals surface area contributed by atoms with Gasteiger partial charge in [0.05, 0.1) is 0 Å². The van der Waals surface area contributed by atoms with Gasteiger partial charge in [0.2, 0.25) is 0 Å². The Morgan fingerprint density at radius 1 is 0.842 bits per heavy atom. The van der Waals surface area contributed by atoms with Crippen molar-refractivity contribution in [1.29, 1.82) is 0 Å². The van der Waals surface area contributed by atoms with Crippen molar-refractivity contribution in [1.82, 2.24) is 0 Å². The second kappa shape index (κ2) is 4.38. The zero-order valence-corrected chi connectivity index (χ0v) is 12.2. The average Bonchev–Trinajstić information content (AvgIpc) is 2.70. The number of aryl methyl sites for hydroxylation is 3. The van der Waals surface area contributed by atoms with Crippen LogP contribution in [0.15, 0.2) is 35.9 Å². The first-order valence-electron chi connectivity index (χ1n) is 6.93. The van der Waals surface area contributed by atoms with Crippen molar-refractivity contribution >= 4 is 6.08 Å². The minimum Gasteiger partial charge on any atom is -0.0683 e. The number of hydrogen-bond donors (Lipinski definition) is 0. The molecule has 0 atom stereocenters. The molecular formula is C19H20. The number of allylic oxidation sites excluding steroid dienone is 1. The van der Waals surface area contributed by atoms with Crippen LogP contribution in [-0.2, 0) is 6.42 Å². The van der Waals surface area contributed by atoms with E-state index in [1.54, 1.807) is 0 Å². The van der Waals surface area contributed by atoms with Gasteiger partial charge in [0.1, 0.15) is 0 Å². The fraction of sp³-hybridized carbons (Fsp3) is 0.263. The summed E-state index contributed by atoms with van der Waals surface area (Å²) in [4.78, 5) is 0. The molecule has 0 saturated heterocycles. The number of benzene rings is 2. The molecule has 0 heteroatoms. The van der Waals surface area contributed by atoms with Gasteiger partial charge in [-0.2, -0.15) is 0 Å². The van der Waals surface area contributed by atoms with Crippen LogP contribution in [0.3, 0.4) is 0 Å². The predicted octanol–water partition coefficient (Wildman–Crippen LogP) is 5.24. The van der Waals surface area contributed by atoms with E-state index in [2.05, 4.69) is 64.1 Å². The summed E-state index contributed by atoms with van der Waals surface area (Å²) in [6.07, 6.45) is 3.47. The fourth-order valence-electron chi connectivity index (χ4n) is 3.13. The second-order valence-corrected chi connectivity index (χ2v) is 5.87. The minimum absolute atomic E-state index is 1.11. The van der Waals surface area contributed by atoms with Gasteiger partial charge in [0.25, 0.3) is 0 Å². The van der Waals surface area contributed by atoms with Gasteiger partial charge in [0.15, 0.2) is 0 Å². The average molecular weight is 248 g/mol. The molecule has 0 amide bonds. The van der Waals surface area contributed by atoms with Gasteiger partial charge in [-0.25, -0.2) is 0 Å². The molecule has 1 aliphatic rings. The predicted molar refractivity (Wildman–Crippen MR) is 83.4 cm³/mol. The second-order valence-electron chi connectivity index (χ2n) is 5.87. The molecule has 0 saturated carbocycles. The molecule has 0 aromatic heterocycles. The molecule has 0 nitrogen and oxygen atoms in total. The molecule has 96 valence electrons. The zero-order chi connectivity index (χ0) is 13.6. The zero-order valence-electron chi connectivity index (χ0n) is 12.2. The van der Waals surface area contributed by atoms with Crippen molar-refractivity contribution in [2.24, 2.45) is 0 Å². The highest BCUT2D eigenvalue weighted by Crippen LogP contribution is 2.36. The maximum atomic E-state index is 2.36. The molecule has 0 fully saturated rings. The van der Waals surface area contributed by atoms with Crippen LogP contribution in [-0.4, -0.2) is 0 Å². The monoisotopic (exact) mass is 248 g/mol. The third-order valence-corrected chi connectivity index (χ3v) is 3.97. The quantitative estimate of drug-likeness (QED) is 0.647. The SMILES string of the molecule is CC1=Cc2c(-c3cc(C)cc(C)c3)ccc(C)c2C1. The molecule has 2 aromatic rings. The smallest absolute Gasteiger partial charge is 0.00577 e. The molecule has 19 heavy (non-hydrogen) atoms. The first kappa shape index (κ1) is 12.2. The van der Waals surface area contributed by atoms with Gasteiger partial charge >= 0.3 is 0 Å². The van der Waals surface area contributed by atoms with E-state index >= 15 is 0 Å². The summed E-state index contributed by atoms with van der Waals surface area (Å²) >= 11 is 0. The van der Waals surface area contributed by atoms with E-state index in [1.165, 1.54) is 44.5 Å². The third-order valence-electron chi connectivity index (χ3n) is 3.97. The highest BCUT2D eigenvalue weighted by molar-refractivity contribution is 5.82. The lowest BCUT2D eigenvalue weighted by Crippen LogP contribution is -1.92. The summed E-state index contributed by atoms with van der Waals surface area (Å²) in [7, 11) is 0. The Morgan fingerprint density at radius 3 is 2.21 bits per heavy atom. The van der Waals surface area contributed by atoms with Crippen LogP contribution in [0.4, 0.5) is 0 Å². The molecule has 0 N–H and O–H groups in total. The highest BCUT2D eigenvalue weighted by Gasteiger charge is 2.16. The van der Waals surface area contributed by atoms with E-state index < -0.39 is 0 Å². The van der Waals surface area contributed by atoms with E-state index in [0.717, 1.165) is 6.42 Å². The molecule has 0 aliphatic heterocycles. The fourth-order valence-corrected chi connectivity index (χ4v) is 3.13. The van der Waals surface area contributed by atoms with E-state index in [1.807, 2.05) is 0 Å². The summed E-state index contributed by atoms with van der Waals surface area (Å²) in [5, 5.41) is 0. The third kappa shape index (κ3) is 2.12. The first-order valence-corrected chi connectivity index (χ1v) is 6.93. The van der Waals surface area contributed by atoms with E-state index in [9.17, 15) is 0 Å². The molecule has 0 bridgehead atoms. The van der Waals surface area contributed by atoms with Crippen molar-refractivity contribution < 1.29 is 0 Å². The van der Waals surface area contributed by atoms with Crippen molar-refractivity contribution in [3.05, 3.63) is 63.7 Å². The Bertz CT molecular complexity index is 667. The van der Waals surface area contributed by atoms with E-state index in [0.29, 0.717) is 0 Å². The lowest BCUT2D eigenvalue weighted by atomic mass is 9.92. The minimum atomic E-state index is 1.11. The lowest BCUT2D eigenvalue weighted by molar-refractivity contribution is 1.16. The van der Waals surface area contributed by atoms with Gasteiger partial charge in [-0.3, -0.25) is 0 Å². The summed E-state index contributed by atoms with van der Waals surface area (Å²) in [5.41, 5.74) is 11.2. The van der Waals surface area contributed by atoms with Crippen LogP contribution in [0, 0.1) is 20.8 Å². The van der Waals surface area contributed by atoms with Crippen LogP contribution in [0.1, 0.15) is 34.7 Å². The standard InChI is InChI=1S/C19H20/c1-12-7-13(2)9-16(8-12)17-6-5-15(4)18-10-14(3)11-19(17)18/h5-9,11H,10H2,1-4H3. The van der Waals surface area contributed by atoms with Crippen molar-refractivity contribution in [3.63, 3.8) is 0 Å². The molecule has 0 unspecified atom stereocenters. The topological polar surface area (TPSA) is 0 Å². The number of rotatable bonds is 1. The molecule has 0 spiro atoms. The van der Waals surface area contributed by atoms with Crippen molar-refractivity contribution in [3.8, 4) is 11.1 Å². The van der Waals surface area contributed by atoms with Crippen LogP contribution in [0.2, 0.25) is 0 Å². The van der Waals surface area contributed by atoms with Gasteiger partial charge < -0.3 is 0 Å². The van der Waals surface area contributed by atoms with E-state index in [-0.39, 0.29) is 0 Å². The maximum absolute atomic E-state index is 2.36. The van der Waals surface area contributed by atoms with Crippen LogP contribution >= 0.6 is 0 Å². The molecule has 1 aliphatic carbocycles. The normalized spacial score (nSPS) is 13.4. The summed E-state index contributed by atoms with van der Waals surface area (Å²) in [6, 6.07) is 11.4. The summed E-state index contributed by atoms with van der Waals surface area (Å²) in [6.45, 7) is 8.79. The Labute approximate surface area is 115 Å². The molecule has 3 rings (SSSR count). The van der Waals surface area contributed by atoms with E-state index in [4.69, 9.17) is 0 Å². The maximum Gasteiger partial charge on any atom is -0.00577 e. The Hall–Kier alpha value is -1.82. The molecule has 2 aromatic carbocycles. The number of fused-ring (bicyclic) bond motifs is 1. The Morgan fingerprint density at radius 2 is 1.53 bits per heavy atom. The Kier molecular flexibility index (Phi) is 2.82. The van der Waals surface area contributed by atoms with Crippen molar-refractivity contribution in [2.45, 2.75) is 34.1 Å². The first-order chi connectivity index (χ1) is 9.04. The van der Waals surface area contributed by atoms with Crippen LogP contribution in [0.5, 0.6) is 0 Å². The molecular weight excluding hydrogens is 228 g/mol. The van der Waals surface area contributed by atoms with Crippen molar-refractivity contribution in [2.75, 3.05) is 0 Å². The van der Waals surface area contributed by atoms with Crippen LogP contribution < -0.4 is 0 Å². The van der Waals surface area contributed by atoms with Gasteiger partial charge in [0, 0.05) is 0 Å². The highest BCUT2D eigenvalue weighted by atomic mass is 14.2. The van der Waals surface area contributed by atoms with Gasteiger partial charge in [-0.1, -0.05) is 53.1 Å². The van der Waals surface area contributed by atoms with Gasteiger partial charge in [-0.05, 0) is 61.9 Å². The molecule has 0 heterocycles. The lowest BCUT2D eigenvalue weighted by Gasteiger charge is -2.12. The Balaban J connectivity index is 2.24.